The zero-order chi connectivity index (χ0) is 60.6. The summed E-state index contributed by atoms with van der Waals surface area (Å²) in [4.78, 5) is 49.9. The van der Waals surface area contributed by atoms with Crippen molar-refractivity contribution in [3.63, 3.8) is 0 Å². The number of benzene rings is 5. The molecule has 86 heavy (non-hydrogen) atoms. The average molecular weight is 1260 g/mol. The van der Waals surface area contributed by atoms with Crippen LogP contribution in [0, 0.1) is 5.41 Å². The lowest BCUT2D eigenvalue weighted by Gasteiger charge is -2.44. The number of sulfone groups is 1. The minimum Gasteiger partial charge on any atom is -0.380 e. The standard InChI is InChI=1S/C62H73ClF3N9O8S3/c1-61(44-72-31-35-74(36-32-72)51-16-18-52(19-17-51)75-28-24-58(76)68-60(75)78)25-22-55(45-8-12-48(63)13-9-45)47(41-61)42-71-29-33-73(34-30-71)50-14-10-46(11-15-50)59(77)69-86(81,82)54-20-21-56(57(40-54)85(79,80)62(64,65)66)67-49(43-84-53-6-3-2-4-7-53)23-27-70-26-5-38-83-39-37-70/h2-4,6-21,40,49,67H,5,22-39,41-44H2,1H3,(H,69,77)(H,68,76,78)/t49-,61-/m1/s1. The number of sulfonamides is 1. The lowest BCUT2D eigenvalue weighted by Crippen LogP contribution is -2.50. The van der Waals surface area contributed by atoms with Crippen LogP contribution in [0.3, 0.4) is 0 Å². The van der Waals surface area contributed by atoms with E-state index in [0.29, 0.717) is 69.2 Å². The van der Waals surface area contributed by atoms with Crippen LogP contribution in [0.25, 0.3) is 5.57 Å². The second-order valence-electron chi connectivity index (χ2n) is 23.0. The van der Waals surface area contributed by atoms with Crippen molar-refractivity contribution in [3.8, 4) is 0 Å². The number of imide groups is 1. The highest BCUT2D eigenvalue weighted by Crippen LogP contribution is 2.44. The molecule has 5 aromatic rings. The van der Waals surface area contributed by atoms with Gasteiger partial charge < -0.3 is 24.8 Å². The largest absolute Gasteiger partial charge is 0.501 e. The number of halogens is 4. The Hall–Kier alpha value is -6.18. The minimum atomic E-state index is -6.09. The minimum absolute atomic E-state index is 0.0205. The molecule has 4 heterocycles. The van der Waals surface area contributed by atoms with Crippen molar-refractivity contribution in [3.05, 3.63) is 143 Å². The number of nitrogens with zero attached hydrogens (tertiary/aromatic N) is 6. The maximum Gasteiger partial charge on any atom is 0.501 e. The number of amides is 4. The summed E-state index contributed by atoms with van der Waals surface area (Å²) in [6.45, 7) is 14.2. The van der Waals surface area contributed by atoms with Gasteiger partial charge in [-0.1, -0.05) is 54.4 Å². The third-order valence-corrected chi connectivity index (χ3v) is 21.1. The predicted molar refractivity (Wildman–Crippen MR) is 331 cm³/mol. The first-order valence-corrected chi connectivity index (χ1v) is 33.5. The first-order valence-electron chi connectivity index (χ1n) is 29.2. The highest BCUT2D eigenvalue weighted by atomic mass is 35.5. The molecular formula is C62H73ClF3N9O8S3. The molecule has 4 saturated heterocycles. The van der Waals surface area contributed by atoms with Crippen LogP contribution in [0.5, 0.6) is 0 Å². The fourth-order valence-corrected chi connectivity index (χ4v) is 15.2. The molecule has 2 atom stereocenters. The molecule has 0 saturated carbocycles. The molecule has 460 valence electrons. The Balaban J connectivity index is 0.755. The summed E-state index contributed by atoms with van der Waals surface area (Å²) in [5, 5.41) is 6.10. The van der Waals surface area contributed by atoms with Crippen LogP contribution in [-0.4, -0.2) is 172 Å². The third-order valence-electron chi connectivity index (χ3n) is 16.8. The van der Waals surface area contributed by atoms with E-state index in [1.165, 1.54) is 40.6 Å². The number of urea groups is 1. The molecule has 3 N–H and O–H groups in total. The molecule has 17 nitrogen and oxygen atoms in total. The van der Waals surface area contributed by atoms with Crippen molar-refractivity contribution in [2.45, 2.75) is 71.7 Å². The average Bonchev–Trinajstić information content (AvgIpc) is 1.14. The second kappa shape index (κ2) is 27.5. The number of carbonyl (C=O) groups excluding carboxylic acids is 3. The van der Waals surface area contributed by atoms with E-state index in [0.717, 1.165) is 119 Å². The van der Waals surface area contributed by atoms with Gasteiger partial charge >= 0.3 is 11.5 Å². The molecule has 0 spiro atoms. The quantitative estimate of drug-likeness (QED) is 0.0626. The molecular weight excluding hydrogens is 1190 g/mol. The summed E-state index contributed by atoms with van der Waals surface area (Å²) in [6.07, 6.45) is 4.46. The number of piperazine rings is 2. The van der Waals surface area contributed by atoms with Gasteiger partial charge in [0.15, 0.2) is 0 Å². The first-order chi connectivity index (χ1) is 41.2. The highest BCUT2D eigenvalue weighted by Gasteiger charge is 2.49. The number of nitrogens with one attached hydrogen (secondary N) is 3. The predicted octanol–water partition coefficient (Wildman–Crippen LogP) is 9.47. The summed E-state index contributed by atoms with van der Waals surface area (Å²) in [5.74, 6) is -0.941. The summed E-state index contributed by atoms with van der Waals surface area (Å²) < 4.78 is 105. The summed E-state index contributed by atoms with van der Waals surface area (Å²) in [5.41, 5.74) is 0.513. The number of rotatable bonds is 20. The van der Waals surface area contributed by atoms with E-state index in [9.17, 15) is 44.4 Å². The van der Waals surface area contributed by atoms with Crippen LogP contribution in [-0.2, 0) is 29.4 Å². The Morgan fingerprint density at radius 1 is 0.744 bits per heavy atom. The highest BCUT2D eigenvalue weighted by molar-refractivity contribution is 7.99. The van der Waals surface area contributed by atoms with E-state index < -0.39 is 58.8 Å². The molecule has 5 aromatic carbocycles. The molecule has 4 amide bonds. The van der Waals surface area contributed by atoms with Crippen LogP contribution >= 0.6 is 23.4 Å². The van der Waals surface area contributed by atoms with Crippen LogP contribution in [0.1, 0.15) is 61.4 Å². The summed E-state index contributed by atoms with van der Waals surface area (Å²) >= 11 is 7.81. The van der Waals surface area contributed by atoms with Crippen molar-refractivity contribution < 1.29 is 49.1 Å². The number of hydrogen-bond donors (Lipinski definition) is 3. The number of ether oxygens (including phenoxy) is 1. The first kappa shape index (κ1) is 62.9. The number of hydrogen-bond acceptors (Lipinski definition) is 15. The maximum atomic E-state index is 14.4. The number of alkyl halides is 3. The Bertz CT molecular complexity index is 3460. The van der Waals surface area contributed by atoms with E-state index in [-0.39, 0.29) is 23.3 Å². The Morgan fingerprint density at radius 2 is 1.40 bits per heavy atom. The van der Waals surface area contributed by atoms with E-state index >= 15 is 0 Å². The molecule has 0 bridgehead atoms. The number of carbonyl (C=O) groups is 3. The van der Waals surface area contributed by atoms with Crippen LogP contribution in [0.15, 0.2) is 142 Å². The summed E-state index contributed by atoms with van der Waals surface area (Å²) in [6, 6.07) is 33.4. The molecule has 24 heteroatoms. The second-order valence-corrected chi connectivity index (χ2v) is 28.1. The molecule has 0 radical (unpaired) electrons. The number of thioether (sulfide) groups is 1. The molecule has 10 rings (SSSR count). The van der Waals surface area contributed by atoms with Gasteiger partial charge in [-0.25, -0.2) is 26.4 Å². The Morgan fingerprint density at radius 3 is 2.06 bits per heavy atom. The van der Waals surface area contributed by atoms with Crippen molar-refractivity contribution >= 4 is 89.4 Å². The van der Waals surface area contributed by atoms with Crippen molar-refractivity contribution in [2.24, 2.45) is 5.41 Å². The van der Waals surface area contributed by atoms with Gasteiger partial charge in [0, 0.05) is 149 Å². The van der Waals surface area contributed by atoms with Gasteiger partial charge in [-0.2, -0.15) is 13.2 Å². The topological polar surface area (TPSA) is 184 Å². The number of allylic oxidation sites excluding steroid dienone is 1. The Labute approximate surface area is 511 Å². The summed E-state index contributed by atoms with van der Waals surface area (Å²) in [7, 11) is -11.0. The molecule has 4 fully saturated rings. The monoisotopic (exact) mass is 1260 g/mol. The zero-order valence-electron chi connectivity index (χ0n) is 48.1. The number of anilines is 4. The van der Waals surface area contributed by atoms with E-state index in [4.69, 9.17) is 16.3 Å². The van der Waals surface area contributed by atoms with Gasteiger partial charge in [0.2, 0.25) is 5.91 Å². The van der Waals surface area contributed by atoms with Gasteiger partial charge in [0.25, 0.3) is 25.8 Å². The fourth-order valence-electron chi connectivity index (χ4n) is 12.1. The van der Waals surface area contributed by atoms with Crippen LogP contribution in [0.2, 0.25) is 5.02 Å². The van der Waals surface area contributed by atoms with Gasteiger partial charge in [0.05, 0.1) is 17.2 Å². The fraction of sp³-hybridized carbons (Fsp3) is 0.435. The maximum absolute atomic E-state index is 14.4. The third kappa shape index (κ3) is 15.7. The molecule has 4 aliphatic heterocycles. The van der Waals surface area contributed by atoms with Crippen molar-refractivity contribution in [1.82, 2.24) is 24.7 Å². The van der Waals surface area contributed by atoms with Gasteiger partial charge in [0.1, 0.15) is 4.90 Å². The van der Waals surface area contributed by atoms with E-state index in [1.54, 1.807) is 17.0 Å². The van der Waals surface area contributed by atoms with Gasteiger partial charge in [-0.15, -0.1) is 11.8 Å². The van der Waals surface area contributed by atoms with Gasteiger partial charge in [-0.05, 0) is 140 Å². The van der Waals surface area contributed by atoms with E-state index in [2.05, 4.69) is 54.2 Å². The smallest absolute Gasteiger partial charge is 0.380 e. The molecule has 5 aliphatic rings. The van der Waals surface area contributed by atoms with Crippen molar-refractivity contribution in [2.75, 3.05) is 131 Å². The molecule has 1 aliphatic carbocycles. The Kier molecular flexibility index (Phi) is 20.1. The lowest BCUT2D eigenvalue weighted by atomic mass is 9.71. The molecule has 0 unspecified atom stereocenters. The van der Waals surface area contributed by atoms with Gasteiger partial charge in [-0.3, -0.25) is 29.6 Å². The SMILES string of the molecule is C[C@@]1(CN2CCN(c3ccc(N4CCC(=O)NC4=O)cc3)CC2)CCC(c2ccc(Cl)cc2)=C(CN2CCN(c3ccc(C(=O)NS(=O)(=O)c4ccc(N[C@H](CCN5CCCOCC5)CSc5ccccc5)c(S(=O)(=O)C(F)(F)F)c4)cc3)CC2)C1. The van der Waals surface area contributed by atoms with Crippen molar-refractivity contribution in [1.29, 1.82) is 0 Å². The zero-order valence-corrected chi connectivity index (χ0v) is 51.3. The van der Waals surface area contributed by atoms with Crippen LogP contribution < -0.4 is 30.1 Å². The van der Waals surface area contributed by atoms with Crippen LogP contribution in [0.4, 0.5) is 40.7 Å². The molecule has 0 aromatic heterocycles. The lowest BCUT2D eigenvalue weighted by molar-refractivity contribution is -0.120. The normalized spacial score (nSPS) is 20.4. The van der Waals surface area contributed by atoms with E-state index in [1.807, 2.05) is 71.5 Å².